The minimum absolute atomic E-state index is 0.0638. The molecule has 2 N–H and O–H groups in total. The highest BCUT2D eigenvalue weighted by Crippen LogP contribution is 2.35. The second kappa shape index (κ2) is 5.44. The number of rotatable bonds is 2. The first-order valence-corrected chi connectivity index (χ1v) is 7.89. The number of carbonyl (C=O) groups is 2. The summed E-state index contributed by atoms with van der Waals surface area (Å²) in [5.41, 5.74) is 7.14. The lowest BCUT2D eigenvalue weighted by Gasteiger charge is -2.32. The maximum Gasteiger partial charge on any atom is 0.268 e. The minimum Gasteiger partial charge on any atom is -0.365 e. The van der Waals surface area contributed by atoms with Crippen LogP contribution in [0.1, 0.15) is 52.2 Å². The van der Waals surface area contributed by atoms with Crippen molar-refractivity contribution in [2.24, 2.45) is 11.1 Å². The van der Waals surface area contributed by atoms with E-state index in [0.717, 1.165) is 5.56 Å². The van der Waals surface area contributed by atoms with Crippen LogP contribution in [0.15, 0.2) is 35.1 Å². The molecule has 124 valence electrons. The topological polar surface area (TPSA) is 82.2 Å². The predicted octanol–water partition coefficient (Wildman–Crippen LogP) is 2.40. The summed E-state index contributed by atoms with van der Waals surface area (Å²) < 4.78 is 1.49. The van der Waals surface area contributed by atoms with Crippen molar-refractivity contribution in [3.63, 3.8) is 0 Å². The Morgan fingerprint density at radius 3 is 2.46 bits per heavy atom. The molecule has 5 heteroatoms. The van der Waals surface area contributed by atoms with E-state index in [0.29, 0.717) is 29.8 Å². The summed E-state index contributed by atoms with van der Waals surface area (Å²) in [5.74, 6) is -0.881. The van der Waals surface area contributed by atoms with Crippen LogP contribution in [0.25, 0.3) is 5.69 Å². The molecule has 0 radical (unpaired) electrons. The summed E-state index contributed by atoms with van der Waals surface area (Å²) >= 11 is 0. The van der Waals surface area contributed by atoms with Crippen LogP contribution in [0.4, 0.5) is 0 Å². The number of hydrogen-bond acceptors (Lipinski definition) is 3. The normalized spacial score (nSPS) is 15.9. The van der Waals surface area contributed by atoms with Gasteiger partial charge in [-0.15, -0.1) is 0 Å². The Balaban J connectivity index is 2.43. The molecule has 1 heterocycles. The van der Waals surface area contributed by atoms with E-state index in [1.54, 1.807) is 0 Å². The van der Waals surface area contributed by atoms with E-state index >= 15 is 0 Å². The summed E-state index contributed by atoms with van der Waals surface area (Å²) in [6.07, 6.45) is 0.959. The van der Waals surface area contributed by atoms with Crippen LogP contribution in [-0.4, -0.2) is 16.3 Å². The lowest BCUT2D eigenvalue weighted by molar-refractivity contribution is 0.0909. The summed E-state index contributed by atoms with van der Waals surface area (Å²) in [5, 5.41) is 0. The number of amides is 1. The first kappa shape index (κ1) is 16.2. The number of nitrogens with two attached hydrogens (primary N) is 1. The molecule has 3 rings (SSSR count). The second-order valence-electron chi connectivity index (χ2n) is 7.15. The molecule has 0 spiro atoms. The van der Waals surface area contributed by atoms with Crippen molar-refractivity contribution >= 4 is 11.7 Å². The molecule has 24 heavy (non-hydrogen) atoms. The smallest absolute Gasteiger partial charge is 0.268 e. The third-order valence-electron chi connectivity index (χ3n) is 4.51. The molecule has 0 unspecified atom stereocenters. The largest absolute Gasteiger partial charge is 0.365 e. The van der Waals surface area contributed by atoms with Crippen molar-refractivity contribution in [3.05, 3.63) is 63.1 Å². The van der Waals surface area contributed by atoms with E-state index < -0.39 is 11.5 Å². The number of pyridine rings is 1. The van der Waals surface area contributed by atoms with Crippen molar-refractivity contribution in [1.82, 2.24) is 4.57 Å². The molecule has 0 fully saturated rings. The van der Waals surface area contributed by atoms with E-state index in [1.165, 1.54) is 10.6 Å². The number of carbonyl (C=O) groups excluding carboxylic acids is 2. The van der Waals surface area contributed by atoms with Crippen molar-refractivity contribution in [1.29, 1.82) is 0 Å². The Hall–Kier alpha value is -2.69. The minimum atomic E-state index is -0.817. The molecule has 0 bridgehead atoms. The van der Waals surface area contributed by atoms with Crippen molar-refractivity contribution < 1.29 is 9.59 Å². The molecule has 0 atom stereocenters. The number of aryl methyl sites for hydroxylation is 1. The Kier molecular flexibility index (Phi) is 3.67. The summed E-state index contributed by atoms with van der Waals surface area (Å²) in [6.45, 7) is 5.89. The van der Waals surface area contributed by atoms with Crippen LogP contribution in [-0.2, 0) is 6.42 Å². The Morgan fingerprint density at radius 2 is 1.83 bits per heavy atom. The Bertz CT molecular complexity index is 923. The zero-order valence-corrected chi connectivity index (χ0v) is 14.1. The van der Waals surface area contributed by atoms with Gasteiger partial charge in [-0.1, -0.05) is 32.0 Å². The molecule has 1 aromatic carbocycles. The predicted molar refractivity (Wildman–Crippen MR) is 91.7 cm³/mol. The monoisotopic (exact) mass is 324 g/mol. The summed E-state index contributed by atoms with van der Waals surface area (Å²) in [6, 6.07) is 8.78. The molecule has 1 aromatic heterocycles. The number of aromatic nitrogens is 1. The van der Waals surface area contributed by atoms with Gasteiger partial charge in [-0.05, 0) is 36.5 Å². The average Bonchev–Trinajstić information content (AvgIpc) is 2.46. The van der Waals surface area contributed by atoms with Crippen LogP contribution in [0.2, 0.25) is 0 Å². The zero-order valence-electron chi connectivity index (χ0n) is 14.1. The second-order valence-corrected chi connectivity index (χ2v) is 7.15. The highest BCUT2D eigenvalue weighted by molar-refractivity contribution is 6.02. The fraction of sp³-hybridized carbons (Fsp3) is 0.316. The standard InChI is InChI=1S/C19H20N2O3/c1-11-6-4-5-7-14(11)21-15-9-19(2,3)10-16(22)12(15)8-13(17(20)23)18(21)24/h4-8H,9-10H2,1-3H3,(H2,20,23). The lowest BCUT2D eigenvalue weighted by atomic mass is 9.75. The number of fused-ring (bicyclic) bond motifs is 1. The quantitative estimate of drug-likeness (QED) is 0.921. The van der Waals surface area contributed by atoms with Crippen LogP contribution in [0, 0.1) is 12.3 Å². The number of benzene rings is 1. The van der Waals surface area contributed by atoms with Gasteiger partial charge in [-0.3, -0.25) is 19.0 Å². The fourth-order valence-corrected chi connectivity index (χ4v) is 3.36. The van der Waals surface area contributed by atoms with Gasteiger partial charge in [0.25, 0.3) is 11.5 Å². The zero-order chi connectivity index (χ0) is 17.6. The van der Waals surface area contributed by atoms with E-state index in [4.69, 9.17) is 5.73 Å². The maximum atomic E-state index is 12.9. The van der Waals surface area contributed by atoms with Gasteiger partial charge in [0.05, 0.1) is 5.69 Å². The highest BCUT2D eigenvalue weighted by atomic mass is 16.2. The number of nitrogens with zero attached hydrogens (tertiary/aromatic N) is 1. The van der Waals surface area contributed by atoms with Gasteiger partial charge >= 0.3 is 0 Å². The number of primary amides is 1. The van der Waals surface area contributed by atoms with Crippen LogP contribution in [0.3, 0.4) is 0 Å². The molecule has 1 aliphatic carbocycles. The van der Waals surface area contributed by atoms with E-state index in [1.807, 2.05) is 45.0 Å². The molecule has 1 amide bonds. The van der Waals surface area contributed by atoms with Gasteiger partial charge < -0.3 is 5.73 Å². The van der Waals surface area contributed by atoms with Gasteiger partial charge in [0.15, 0.2) is 5.78 Å². The van der Waals surface area contributed by atoms with Gasteiger partial charge in [0.1, 0.15) is 5.56 Å². The van der Waals surface area contributed by atoms with Gasteiger partial charge in [-0.2, -0.15) is 0 Å². The third-order valence-corrected chi connectivity index (χ3v) is 4.51. The molecular formula is C19H20N2O3. The Morgan fingerprint density at radius 1 is 1.17 bits per heavy atom. The van der Waals surface area contributed by atoms with Gasteiger partial charge in [0.2, 0.25) is 0 Å². The number of ketones is 1. The van der Waals surface area contributed by atoms with E-state index in [-0.39, 0.29) is 16.8 Å². The summed E-state index contributed by atoms with van der Waals surface area (Å²) in [7, 11) is 0. The molecule has 0 aliphatic heterocycles. The van der Waals surface area contributed by atoms with Crippen LogP contribution >= 0.6 is 0 Å². The first-order chi connectivity index (χ1) is 11.2. The molecule has 0 saturated carbocycles. The fourth-order valence-electron chi connectivity index (χ4n) is 3.36. The van der Waals surface area contributed by atoms with E-state index in [9.17, 15) is 14.4 Å². The van der Waals surface area contributed by atoms with Crippen molar-refractivity contribution in [2.75, 3.05) is 0 Å². The van der Waals surface area contributed by atoms with E-state index in [2.05, 4.69) is 0 Å². The maximum absolute atomic E-state index is 12.9. The molecule has 5 nitrogen and oxygen atoms in total. The number of Topliss-reactive ketones (excluding diaryl/α,β-unsaturated/α-hetero) is 1. The molecule has 2 aromatic rings. The molecule has 0 saturated heterocycles. The average molecular weight is 324 g/mol. The molecular weight excluding hydrogens is 304 g/mol. The molecule has 1 aliphatic rings. The third kappa shape index (κ3) is 2.56. The number of para-hydroxylation sites is 1. The number of hydrogen-bond donors (Lipinski definition) is 1. The van der Waals surface area contributed by atoms with Gasteiger partial charge in [0, 0.05) is 17.7 Å². The van der Waals surface area contributed by atoms with Crippen molar-refractivity contribution in [2.45, 2.75) is 33.6 Å². The first-order valence-electron chi connectivity index (χ1n) is 7.89. The highest BCUT2D eigenvalue weighted by Gasteiger charge is 2.34. The summed E-state index contributed by atoms with van der Waals surface area (Å²) in [4.78, 5) is 37.2. The SMILES string of the molecule is Cc1ccccc1-n1c2c(cc(C(N)=O)c1=O)C(=O)CC(C)(C)C2. The lowest BCUT2D eigenvalue weighted by Crippen LogP contribution is -2.37. The van der Waals surface area contributed by atoms with Gasteiger partial charge in [-0.25, -0.2) is 0 Å². The van der Waals surface area contributed by atoms with Crippen LogP contribution in [0.5, 0.6) is 0 Å². The van der Waals surface area contributed by atoms with Crippen LogP contribution < -0.4 is 11.3 Å². The Labute approximate surface area is 140 Å². The van der Waals surface area contributed by atoms with Crippen molar-refractivity contribution in [3.8, 4) is 5.69 Å².